The lowest BCUT2D eigenvalue weighted by molar-refractivity contribution is -0.384. The molecule has 1 fully saturated rings. The van der Waals surface area contributed by atoms with Gasteiger partial charge in [0.15, 0.2) is 0 Å². The minimum Gasteiger partial charge on any atom is -0.394 e. The molecule has 7 heteroatoms. The SMILES string of the molecule is Cc1cc(N2CCO[C@H](CO)C2)c2cc([N+](=O)[O-])ccc2n1. The number of ether oxygens (including phenoxy) is 1. The highest BCUT2D eigenvalue weighted by Gasteiger charge is 2.22. The van der Waals surface area contributed by atoms with Gasteiger partial charge in [-0.25, -0.2) is 0 Å². The van der Waals surface area contributed by atoms with Crippen molar-refractivity contribution in [1.82, 2.24) is 4.98 Å². The largest absolute Gasteiger partial charge is 0.394 e. The minimum absolute atomic E-state index is 0.0430. The van der Waals surface area contributed by atoms with Crippen LogP contribution in [0, 0.1) is 17.0 Å². The van der Waals surface area contributed by atoms with E-state index in [1.165, 1.54) is 6.07 Å². The molecule has 0 radical (unpaired) electrons. The molecular weight excluding hydrogens is 286 g/mol. The molecule has 3 rings (SSSR count). The topological polar surface area (TPSA) is 88.7 Å². The molecule has 2 aromatic rings. The number of benzene rings is 1. The summed E-state index contributed by atoms with van der Waals surface area (Å²) in [6.07, 6.45) is -0.240. The highest BCUT2D eigenvalue weighted by atomic mass is 16.6. The number of nitro benzene ring substituents is 1. The Balaban J connectivity index is 2.10. The number of aryl methyl sites for hydroxylation is 1. The highest BCUT2D eigenvalue weighted by molar-refractivity contribution is 5.93. The van der Waals surface area contributed by atoms with Crippen molar-refractivity contribution in [2.24, 2.45) is 0 Å². The number of nitrogens with zero attached hydrogens (tertiary/aromatic N) is 3. The molecule has 1 N–H and O–H groups in total. The van der Waals surface area contributed by atoms with Gasteiger partial charge in [-0.3, -0.25) is 15.1 Å². The number of nitro groups is 1. The smallest absolute Gasteiger partial charge is 0.270 e. The summed E-state index contributed by atoms with van der Waals surface area (Å²) in [6.45, 7) is 3.60. The molecule has 1 aromatic heterocycles. The lowest BCUT2D eigenvalue weighted by Crippen LogP contribution is -2.44. The van der Waals surface area contributed by atoms with Crippen LogP contribution in [-0.2, 0) is 4.74 Å². The van der Waals surface area contributed by atoms with Crippen LogP contribution in [0.25, 0.3) is 10.9 Å². The van der Waals surface area contributed by atoms with E-state index in [9.17, 15) is 15.2 Å². The number of hydrogen-bond acceptors (Lipinski definition) is 6. The number of aromatic nitrogens is 1. The number of fused-ring (bicyclic) bond motifs is 1. The van der Waals surface area contributed by atoms with Gasteiger partial charge in [-0.15, -0.1) is 0 Å². The van der Waals surface area contributed by atoms with Crippen LogP contribution in [0.5, 0.6) is 0 Å². The standard InChI is InChI=1S/C15H17N3O4/c1-10-6-15(17-4-5-22-12(8-17)9-19)13-7-11(18(20)21)2-3-14(13)16-10/h2-3,6-7,12,19H,4-5,8-9H2,1H3/t12-/m0/s1. The Labute approximate surface area is 127 Å². The summed E-state index contributed by atoms with van der Waals surface area (Å²) in [6, 6.07) is 6.62. The maximum absolute atomic E-state index is 11.0. The third-order valence-corrected chi connectivity index (χ3v) is 3.79. The molecule has 1 aliphatic heterocycles. The molecule has 0 amide bonds. The Morgan fingerprint density at radius 2 is 2.32 bits per heavy atom. The first-order valence-corrected chi connectivity index (χ1v) is 7.11. The fourth-order valence-electron chi connectivity index (χ4n) is 2.75. The van der Waals surface area contributed by atoms with E-state index in [1.54, 1.807) is 12.1 Å². The van der Waals surface area contributed by atoms with Gasteiger partial charge < -0.3 is 14.7 Å². The van der Waals surface area contributed by atoms with Crippen molar-refractivity contribution < 1.29 is 14.8 Å². The zero-order valence-corrected chi connectivity index (χ0v) is 12.2. The van der Waals surface area contributed by atoms with Gasteiger partial charge in [-0.05, 0) is 19.1 Å². The summed E-state index contributed by atoms with van der Waals surface area (Å²) < 4.78 is 5.47. The van der Waals surface area contributed by atoms with Crippen molar-refractivity contribution in [2.45, 2.75) is 13.0 Å². The Hall–Kier alpha value is -2.25. The number of pyridine rings is 1. The Morgan fingerprint density at radius 3 is 3.05 bits per heavy atom. The molecule has 1 aromatic carbocycles. The Kier molecular flexibility index (Phi) is 3.91. The summed E-state index contributed by atoms with van der Waals surface area (Å²) in [5.74, 6) is 0. The van der Waals surface area contributed by atoms with E-state index >= 15 is 0 Å². The molecule has 0 saturated carbocycles. The second-order valence-electron chi connectivity index (χ2n) is 5.36. The summed E-state index contributed by atoms with van der Waals surface area (Å²) in [7, 11) is 0. The van der Waals surface area contributed by atoms with Crippen LogP contribution < -0.4 is 4.90 Å². The van der Waals surface area contributed by atoms with Crippen molar-refractivity contribution in [1.29, 1.82) is 0 Å². The van der Waals surface area contributed by atoms with Gasteiger partial charge in [0, 0.05) is 42.0 Å². The number of rotatable bonds is 3. The minimum atomic E-state index is -0.404. The lowest BCUT2D eigenvalue weighted by Gasteiger charge is -2.34. The molecule has 116 valence electrons. The van der Waals surface area contributed by atoms with Crippen LogP contribution >= 0.6 is 0 Å². The van der Waals surface area contributed by atoms with E-state index in [2.05, 4.69) is 9.88 Å². The second kappa shape index (κ2) is 5.86. The van der Waals surface area contributed by atoms with E-state index in [4.69, 9.17) is 4.74 Å². The van der Waals surface area contributed by atoms with Crippen molar-refractivity contribution >= 4 is 22.3 Å². The van der Waals surface area contributed by atoms with Crippen molar-refractivity contribution in [3.63, 3.8) is 0 Å². The number of non-ortho nitro benzene ring substituents is 1. The number of aliphatic hydroxyl groups excluding tert-OH is 1. The van der Waals surface area contributed by atoms with Gasteiger partial charge in [0.05, 0.1) is 29.8 Å². The van der Waals surface area contributed by atoms with Crippen molar-refractivity contribution in [2.75, 3.05) is 31.2 Å². The van der Waals surface area contributed by atoms with Crippen molar-refractivity contribution in [3.8, 4) is 0 Å². The molecule has 7 nitrogen and oxygen atoms in total. The highest BCUT2D eigenvalue weighted by Crippen LogP contribution is 2.31. The van der Waals surface area contributed by atoms with Gasteiger partial charge in [0.2, 0.25) is 0 Å². The van der Waals surface area contributed by atoms with Crippen LogP contribution in [-0.4, -0.2) is 47.4 Å². The lowest BCUT2D eigenvalue weighted by atomic mass is 10.1. The zero-order valence-electron chi connectivity index (χ0n) is 12.2. The van der Waals surface area contributed by atoms with Crippen LogP contribution in [0.2, 0.25) is 0 Å². The predicted molar refractivity (Wildman–Crippen MR) is 82.2 cm³/mol. The molecule has 0 spiro atoms. The first-order valence-electron chi connectivity index (χ1n) is 7.11. The predicted octanol–water partition coefficient (Wildman–Crippen LogP) is 1.65. The summed E-state index contributed by atoms with van der Waals surface area (Å²) >= 11 is 0. The van der Waals surface area contributed by atoms with Gasteiger partial charge in [0.1, 0.15) is 0 Å². The molecule has 0 unspecified atom stereocenters. The van der Waals surface area contributed by atoms with Gasteiger partial charge in [-0.2, -0.15) is 0 Å². The molecule has 1 saturated heterocycles. The van der Waals surface area contributed by atoms with E-state index < -0.39 is 4.92 Å². The summed E-state index contributed by atoms with van der Waals surface area (Å²) in [5, 5.41) is 21.1. The monoisotopic (exact) mass is 303 g/mol. The second-order valence-corrected chi connectivity index (χ2v) is 5.36. The van der Waals surface area contributed by atoms with Gasteiger partial charge in [0.25, 0.3) is 5.69 Å². The summed E-state index contributed by atoms with van der Waals surface area (Å²) in [5.41, 5.74) is 2.52. The number of hydrogen-bond donors (Lipinski definition) is 1. The van der Waals surface area contributed by atoms with Crippen LogP contribution in [0.4, 0.5) is 11.4 Å². The van der Waals surface area contributed by atoms with E-state index in [0.717, 1.165) is 22.3 Å². The molecular formula is C15H17N3O4. The normalized spacial score (nSPS) is 18.6. The first-order chi connectivity index (χ1) is 10.6. The Morgan fingerprint density at radius 1 is 1.50 bits per heavy atom. The fourth-order valence-corrected chi connectivity index (χ4v) is 2.75. The molecule has 0 aliphatic carbocycles. The van der Waals surface area contributed by atoms with Gasteiger partial charge in [-0.1, -0.05) is 0 Å². The van der Waals surface area contributed by atoms with E-state index in [-0.39, 0.29) is 18.4 Å². The van der Waals surface area contributed by atoms with E-state index in [0.29, 0.717) is 19.7 Å². The van der Waals surface area contributed by atoms with Crippen LogP contribution in [0.1, 0.15) is 5.69 Å². The van der Waals surface area contributed by atoms with E-state index in [1.807, 2.05) is 13.0 Å². The van der Waals surface area contributed by atoms with Crippen LogP contribution in [0.3, 0.4) is 0 Å². The maximum atomic E-state index is 11.0. The fraction of sp³-hybridized carbons (Fsp3) is 0.400. The molecule has 1 aliphatic rings. The summed E-state index contributed by atoms with van der Waals surface area (Å²) in [4.78, 5) is 17.1. The van der Waals surface area contributed by atoms with Gasteiger partial charge >= 0.3 is 0 Å². The number of anilines is 1. The van der Waals surface area contributed by atoms with Crippen LogP contribution in [0.15, 0.2) is 24.3 Å². The molecule has 2 heterocycles. The molecule has 1 atom stereocenters. The Bertz CT molecular complexity index is 719. The number of morpholine rings is 1. The number of aliphatic hydroxyl groups is 1. The third-order valence-electron chi connectivity index (χ3n) is 3.79. The first kappa shape index (κ1) is 14.7. The maximum Gasteiger partial charge on any atom is 0.270 e. The third kappa shape index (κ3) is 2.72. The molecule has 0 bridgehead atoms. The van der Waals surface area contributed by atoms with Crippen molar-refractivity contribution in [3.05, 3.63) is 40.1 Å². The average molecular weight is 303 g/mol. The quantitative estimate of drug-likeness (QED) is 0.685. The zero-order chi connectivity index (χ0) is 15.7. The average Bonchev–Trinajstić information content (AvgIpc) is 2.53. The molecule has 22 heavy (non-hydrogen) atoms.